The molecule has 0 aliphatic heterocycles. The molecule has 1 nitrogen and oxygen atoms in total. The molecule has 0 spiro atoms. The molecular formula is C12H16FO. The lowest BCUT2D eigenvalue weighted by molar-refractivity contribution is 0.0536. The summed E-state index contributed by atoms with van der Waals surface area (Å²) in [4.78, 5) is 0. The van der Waals surface area contributed by atoms with E-state index in [0.717, 1.165) is 12.0 Å². The fourth-order valence-electron chi connectivity index (χ4n) is 1.19. The van der Waals surface area contributed by atoms with Crippen LogP contribution in [0.3, 0.4) is 0 Å². The van der Waals surface area contributed by atoms with Crippen molar-refractivity contribution in [1.29, 1.82) is 0 Å². The highest BCUT2D eigenvalue weighted by molar-refractivity contribution is 5.16. The van der Waals surface area contributed by atoms with Crippen molar-refractivity contribution in [3.63, 3.8) is 0 Å². The standard InChI is InChI=1S/C12H16FO/c1-3-12(2,14)9-8-10-4-6-11(13)7-5-10/h4-7,14H,1,3,8-9H2,2H3. The molecule has 1 unspecified atom stereocenters. The number of halogens is 1. The number of aliphatic hydroxyl groups is 1. The van der Waals surface area contributed by atoms with Gasteiger partial charge >= 0.3 is 0 Å². The Morgan fingerprint density at radius 3 is 2.43 bits per heavy atom. The molecule has 0 bridgehead atoms. The minimum atomic E-state index is -0.714. The smallest absolute Gasteiger partial charge is 0.123 e. The fourth-order valence-corrected chi connectivity index (χ4v) is 1.19. The van der Waals surface area contributed by atoms with Gasteiger partial charge in [0.25, 0.3) is 0 Å². The quantitative estimate of drug-likeness (QED) is 0.783. The summed E-state index contributed by atoms with van der Waals surface area (Å²) in [5.74, 6) is -0.224. The zero-order valence-corrected chi connectivity index (χ0v) is 8.46. The molecule has 14 heavy (non-hydrogen) atoms. The van der Waals surface area contributed by atoms with Gasteiger partial charge in [0.2, 0.25) is 0 Å². The molecule has 1 atom stereocenters. The molecule has 0 saturated heterocycles. The molecule has 0 aliphatic carbocycles. The predicted octanol–water partition coefficient (Wildman–Crippen LogP) is 2.73. The van der Waals surface area contributed by atoms with Gasteiger partial charge in [-0.1, -0.05) is 19.1 Å². The van der Waals surface area contributed by atoms with Gasteiger partial charge < -0.3 is 5.11 Å². The van der Waals surface area contributed by atoms with Crippen LogP contribution in [0.15, 0.2) is 24.3 Å². The van der Waals surface area contributed by atoms with Crippen LogP contribution in [0.1, 0.15) is 25.3 Å². The van der Waals surface area contributed by atoms with Crippen molar-refractivity contribution in [3.05, 3.63) is 42.6 Å². The van der Waals surface area contributed by atoms with Gasteiger partial charge in [-0.15, -0.1) is 0 Å². The van der Waals surface area contributed by atoms with E-state index >= 15 is 0 Å². The van der Waals surface area contributed by atoms with Crippen LogP contribution >= 0.6 is 0 Å². The highest BCUT2D eigenvalue weighted by Crippen LogP contribution is 2.17. The van der Waals surface area contributed by atoms with Crippen LogP contribution in [0, 0.1) is 12.7 Å². The topological polar surface area (TPSA) is 20.2 Å². The Hall–Kier alpha value is -0.890. The average Bonchev–Trinajstić information content (AvgIpc) is 2.17. The van der Waals surface area contributed by atoms with Crippen LogP contribution in [-0.2, 0) is 6.42 Å². The maximum atomic E-state index is 12.6. The largest absolute Gasteiger partial charge is 0.390 e. The van der Waals surface area contributed by atoms with E-state index in [2.05, 4.69) is 6.92 Å². The molecule has 1 radical (unpaired) electrons. The lowest BCUT2D eigenvalue weighted by Gasteiger charge is -2.20. The van der Waals surface area contributed by atoms with Crippen molar-refractivity contribution < 1.29 is 9.50 Å². The molecule has 1 N–H and O–H groups in total. The van der Waals surface area contributed by atoms with Crippen molar-refractivity contribution in [2.45, 2.75) is 31.8 Å². The molecule has 1 rings (SSSR count). The number of benzene rings is 1. The third-order valence-corrected chi connectivity index (χ3v) is 2.40. The Morgan fingerprint density at radius 2 is 1.93 bits per heavy atom. The second kappa shape index (κ2) is 4.56. The molecule has 0 fully saturated rings. The first kappa shape index (κ1) is 11.2. The number of aryl methyl sites for hydroxylation is 1. The van der Waals surface area contributed by atoms with Crippen LogP contribution in [0.25, 0.3) is 0 Å². The summed E-state index contributed by atoms with van der Waals surface area (Å²) in [5.41, 5.74) is 0.328. The van der Waals surface area contributed by atoms with Gasteiger partial charge in [0.15, 0.2) is 0 Å². The summed E-state index contributed by atoms with van der Waals surface area (Å²) < 4.78 is 12.6. The Bertz CT molecular complexity index is 277. The minimum Gasteiger partial charge on any atom is -0.390 e. The van der Waals surface area contributed by atoms with Crippen molar-refractivity contribution >= 4 is 0 Å². The molecule has 1 aromatic carbocycles. The second-order valence-electron chi connectivity index (χ2n) is 3.87. The van der Waals surface area contributed by atoms with Crippen LogP contribution in [0.5, 0.6) is 0 Å². The second-order valence-corrected chi connectivity index (χ2v) is 3.87. The fraction of sp³-hybridized carbons (Fsp3) is 0.417. The van der Waals surface area contributed by atoms with E-state index in [1.54, 1.807) is 19.1 Å². The Balaban J connectivity index is 2.50. The van der Waals surface area contributed by atoms with Crippen molar-refractivity contribution in [1.82, 2.24) is 0 Å². The Labute approximate surface area is 84.6 Å². The third-order valence-electron chi connectivity index (χ3n) is 2.40. The van der Waals surface area contributed by atoms with Crippen LogP contribution in [0.4, 0.5) is 4.39 Å². The van der Waals surface area contributed by atoms with Crippen LogP contribution < -0.4 is 0 Å². The predicted molar refractivity (Wildman–Crippen MR) is 55.3 cm³/mol. The molecule has 1 aromatic rings. The molecule has 0 amide bonds. The van der Waals surface area contributed by atoms with E-state index in [4.69, 9.17) is 0 Å². The third kappa shape index (κ3) is 3.46. The minimum absolute atomic E-state index is 0.224. The van der Waals surface area contributed by atoms with Crippen molar-refractivity contribution in [2.75, 3.05) is 0 Å². The summed E-state index contributed by atoms with van der Waals surface area (Å²) in [6.07, 6.45) is 1.90. The maximum absolute atomic E-state index is 12.6. The van der Waals surface area contributed by atoms with Crippen LogP contribution in [0.2, 0.25) is 0 Å². The van der Waals surface area contributed by atoms with Gasteiger partial charge in [0, 0.05) is 0 Å². The van der Waals surface area contributed by atoms with Gasteiger partial charge in [-0.05, 0) is 43.9 Å². The van der Waals surface area contributed by atoms with E-state index in [-0.39, 0.29) is 5.82 Å². The van der Waals surface area contributed by atoms with Gasteiger partial charge in [-0.25, -0.2) is 4.39 Å². The average molecular weight is 195 g/mol. The Kier molecular flexibility index (Phi) is 3.64. The van der Waals surface area contributed by atoms with Gasteiger partial charge in [0.1, 0.15) is 5.82 Å². The first-order valence-corrected chi connectivity index (χ1v) is 4.79. The number of rotatable bonds is 4. The first-order chi connectivity index (χ1) is 6.53. The summed E-state index contributed by atoms with van der Waals surface area (Å²) in [6, 6.07) is 6.37. The summed E-state index contributed by atoms with van der Waals surface area (Å²) in [7, 11) is 0. The Morgan fingerprint density at radius 1 is 1.36 bits per heavy atom. The summed E-state index contributed by atoms with van der Waals surface area (Å²) in [6.45, 7) is 5.44. The van der Waals surface area contributed by atoms with Crippen LogP contribution in [-0.4, -0.2) is 10.7 Å². The number of hydrogen-bond acceptors (Lipinski definition) is 1. The van der Waals surface area contributed by atoms with Gasteiger partial charge in [-0.3, -0.25) is 0 Å². The van der Waals surface area contributed by atoms with E-state index < -0.39 is 5.60 Å². The molecule has 0 aromatic heterocycles. The lowest BCUT2D eigenvalue weighted by atomic mass is 9.94. The highest BCUT2D eigenvalue weighted by Gasteiger charge is 2.16. The van der Waals surface area contributed by atoms with E-state index in [0.29, 0.717) is 12.8 Å². The zero-order valence-electron chi connectivity index (χ0n) is 8.46. The summed E-state index contributed by atoms with van der Waals surface area (Å²) in [5, 5.41) is 9.70. The van der Waals surface area contributed by atoms with Crippen molar-refractivity contribution in [2.24, 2.45) is 0 Å². The lowest BCUT2D eigenvalue weighted by Crippen LogP contribution is -2.23. The van der Waals surface area contributed by atoms with E-state index in [9.17, 15) is 9.50 Å². The normalized spacial score (nSPS) is 15.1. The van der Waals surface area contributed by atoms with E-state index in [1.165, 1.54) is 12.1 Å². The maximum Gasteiger partial charge on any atom is 0.123 e. The molecule has 0 heterocycles. The molecule has 77 valence electrons. The molecule has 0 aliphatic rings. The first-order valence-electron chi connectivity index (χ1n) is 4.79. The summed E-state index contributed by atoms with van der Waals surface area (Å²) >= 11 is 0. The zero-order chi connectivity index (χ0) is 10.6. The van der Waals surface area contributed by atoms with E-state index in [1.807, 2.05) is 0 Å². The molecule has 2 heteroatoms. The molecular weight excluding hydrogens is 179 g/mol. The van der Waals surface area contributed by atoms with Gasteiger partial charge in [-0.2, -0.15) is 0 Å². The highest BCUT2D eigenvalue weighted by atomic mass is 19.1. The monoisotopic (exact) mass is 195 g/mol. The SMILES string of the molecule is [CH2]CC(C)(O)CCc1ccc(F)cc1. The molecule has 0 saturated carbocycles. The number of hydrogen-bond donors (Lipinski definition) is 1. The van der Waals surface area contributed by atoms with Crippen molar-refractivity contribution in [3.8, 4) is 0 Å². The van der Waals surface area contributed by atoms with Gasteiger partial charge in [0.05, 0.1) is 5.60 Å².